The molecule has 0 bridgehead atoms. The van der Waals surface area contributed by atoms with E-state index in [2.05, 4.69) is 0 Å². The Balaban J connectivity index is 1.91. The Morgan fingerprint density at radius 3 is 2.33 bits per heavy atom. The molecule has 0 saturated heterocycles. The van der Waals surface area contributed by atoms with Gasteiger partial charge in [-0.15, -0.1) is 0 Å². The first-order chi connectivity index (χ1) is 7.38. The van der Waals surface area contributed by atoms with Crippen LogP contribution in [0.2, 0.25) is 0 Å². The van der Waals surface area contributed by atoms with E-state index in [9.17, 15) is 0 Å². The fourth-order valence-corrected chi connectivity index (χ4v) is 2.05. The summed E-state index contributed by atoms with van der Waals surface area (Å²) in [6.07, 6.45) is 6.70. The molecule has 82 valence electrons. The molecule has 0 radical (unpaired) electrons. The number of ether oxygens (including phenoxy) is 1. The highest BCUT2D eigenvalue weighted by Crippen LogP contribution is 2.23. The summed E-state index contributed by atoms with van der Waals surface area (Å²) in [4.78, 5) is 0. The van der Waals surface area contributed by atoms with Gasteiger partial charge in [0.05, 0.1) is 12.7 Å². The normalized spacial score (nSPS) is 17.7. The zero-order valence-electron chi connectivity index (χ0n) is 8.98. The molecule has 0 heterocycles. The molecule has 2 nitrogen and oxygen atoms in total. The van der Waals surface area contributed by atoms with Crippen molar-refractivity contribution in [3.8, 4) is 5.75 Å². The standard InChI is InChI=1S/C13H18O2/c14-10-11-6-8-13(9-7-11)15-12-4-2-1-3-5-12/h6-9,12,14H,1-5,10H2. The molecule has 1 aromatic carbocycles. The molecule has 0 atom stereocenters. The van der Waals surface area contributed by atoms with Crippen molar-refractivity contribution in [1.82, 2.24) is 0 Å². The van der Waals surface area contributed by atoms with E-state index in [0.717, 1.165) is 11.3 Å². The second-order valence-electron chi connectivity index (χ2n) is 4.18. The first-order valence-corrected chi connectivity index (χ1v) is 5.75. The Hall–Kier alpha value is -1.02. The Morgan fingerprint density at radius 1 is 1.07 bits per heavy atom. The van der Waals surface area contributed by atoms with Crippen molar-refractivity contribution in [1.29, 1.82) is 0 Å². The molecule has 0 amide bonds. The minimum absolute atomic E-state index is 0.101. The number of hydrogen-bond donors (Lipinski definition) is 1. The zero-order chi connectivity index (χ0) is 10.5. The highest BCUT2D eigenvalue weighted by Gasteiger charge is 2.14. The Bertz CT molecular complexity index is 286. The number of aliphatic hydroxyl groups is 1. The third-order valence-corrected chi connectivity index (χ3v) is 2.96. The number of rotatable bonds is 3. The summed E-state index contributed by atoms with van der Waals surface area (Å²) in [6, 6.07) is 7.72. The zero-order valence-corrected chi connectivity index (χ0v) is 8.98. The third-order valence-electron chi connectivity index (χ3n) is 2.96. The van der Waals surface area contributed by atoms with Gasteiger partial charge in [0, 0.05) is 0 Å². The van der Waals surface area contributed by atoms with Gasteiger partial charge >= 0.3 is 0 Å². The van der Waals surface area contributed by atoms with Crippen LogP contribution in [-0.4, -0.2) is 11.2 Å². The summed E-state index contributed by atoms with van der Waals surface area (Å²) in [7, 11) is 0. The maximum atomic E-state index is 8.91. The molecule has 2 heteroatoms. The van der Waals surface area contributed by atoms with Gasteiger partial charge in [-0.1, -0.05) is 18.6 Å². The van der Waals surface area contributed by atoms with Gasteiger partial charge in [0.25, 0.3) is 0 Å². The van der Waals surface area contributed by atoms with Gasteiger partial charge in [0.1, 0.15) is 5.75 Å². The fraction of sp³-hybridized carbons (Fsp3) is 0.538. The average molecular weight is 206 g/mol. The van der Waals surface area contributed by atoms with Gasteiger partial charge in [-0.05, 0) is 43.4 Å². The molecular weight excluding hydrogens is 188 g/mol. The molecule has 1 aliphatic carbocycles. The highest BCUT2D eigenvalue weighted by atomic mass is 16.5. The van der Waals surface area contributed by atoms with Gasteiger partial charge in [0.15, 0.2) is 0 Å². The summed E-state index contributed by atoms with van der Waals surface area (Å²) >= 11 is 0. The quantitative estimate of drug-likeness (QED) is 0.824. The first kappa shape index (κ1) is 10.5. The van der Waals surface area contributed by atoms with Crippen molar-refractivity contribution in [2.45, 2.75) is 44.8 Å². The lowest BCUT2D eigenvalue weighted by Crippen LogP contribution is -2.19. The Morgan fingerprint density at radius 2 is 1.73 bits per heavy atom. The molecule has 0 aliphatic heterocycles. The van der Waals surface area contributed by atoms with E-state index in [1.807, 2.05) is 24.3 Å². The maximum absolute atomic E-state index is 8.91. The Kier molecular flexibility index (Phi) is 3.62. The molecule has 2 rings (SSSR count). The maximum Gasteiger partial charge on any atom is 0.119 e. The third kappa shape index (κ3) is 2.96. The van der Waals surface area contributed by atoms with Crippen LogP contribution in [0.1, 0.15) is 37.7 Å². The topological polar surface area (TPSA) is 29.5 Å². The van der Waals surface area contributed by atoms with Crippen molar-refractivity contribution in [3.05, 3.63) is 29.8 Å². The summed E-state index contributed by atoms with van der Waals surface area (Å²) in [5, 5.41) is 8.91. The molecule has 0 aromatic heterocycles. The van der Waals surface area contributed by atoms with Crippen LogP contribution >= 0.6 is 0 Å². The summed E-state index contributed by atoms with van der Waals surface area (Å²) < 4.78 is 5.87. The van der Waals surface area contributed by atoms with E-state index >= 15 is 0 Å². The lowest BCUT2D eigenvalue weighted by Gasteiger charge is -2.22. The molecule has 1 saturated carbocycles. The second-order valence-corrected chi connectivity index (χ2v) is 4.18. The van der Waals surface area contributed by atoms with Crippen LogP contribution in [-0.2, 0) is 6.61 Å². The first-order valence-electron chi connectivity index (χ1n) is 5.75. The predicted octanol–water partition coefficient (Wildman–Crippen LogP) is 2.89. The second kappa shape index (κ2) is 5.17. The monoisotopic (exact) mass is 206 g/mol. The van der Waals surface area contributed by atoms with E-state index in [1.54, 1.807) is 0 Å². The molecule has 1 aliphatic rings. The van der Waals surface area contributed by atoms with Gasteiger partial charge in [0.2, 0.25) is 0 Å². The summed E-state index contributed by atoms with van der Waals surface area (Å²) in [5.41, 5.74) is 0.936. The molecule has 1 N–H and O–H groups in total. The summed E-state index contributed by atoms with van der Waals surface area (Å²) in [5.74, 6) is 0.930. The van der Waals surface area contributed by atoms with E-state index in [1.165, 1.54) is 32.1 Å². The summed E-state index contributed by atoms with van der Waals surface area (Å²) in [6.45, 7) is 0.101. The van der Waals surface area contributed by atoms with Crippen molar-refractivity contribution < 1.29 is 9.84 Å². The average Bonchev–Trinajstić information content (AvgIpc) is 2.31. The number of hydrogen-bond acceptors (Lipinski definition) is 2. The van der Waals surface area contributed by atoms with Gasteiger partial charge < -0.3 is 9.84 Å². The lowest BCUT2D eigenvalue weighted by atomic mass is 9.98. The fourth-order valence-electron chi connectivity index (χ4n) is 2.05. The van der Waals surface area contributed by atoms with Crippen LogP contribution in [0.15, 0.2) is 24.3 Å². The molecule has 1 aromatic rings. The lowest BCUT2D eigenvalue weighted by molar-refractivity contribution is 0.155. The molecular formula is C13H18O2. The van der Waals surface area contributed by atoms with Crippen LogP contribution in [0.4, 0.5) is 0 Å². The van der Waals surface area contributed by atoms with Crippen LogP contribution in [0.5, 0.6) is 5.75 Å². The van der Waals surface area contributed by atoms with Crippen LogP contribution < -0.4 is 4.74 Å². The SMILES string of the molecule is OCc1ccc(OC2CCCCC2)cc1. The van der Waals surface area contributed by atoms with Gasteiger partial charge in [-0.2, -0.15) is 0 Å². The number of benzene rings is 1. The molecule has 15 heavy (non-hydrogen) atoms. The predicted molar refractivity (Wildman–Crippen MR) is 59.9 cm³/mol. The molecule has 1 fully saturated rings. The van der Waals surface area contributed by atoms with Crippen molar-refractivity contribution in [2.24, 2.45) is 0 Å². The minimum Gasteiger partial charge on any atom is -0.490 e. The highest BCUT2D eigenvalue weighted by molar-refractivity contribution is 5.27. The van der Waals surface area contributed by atoms with Crippen LogP contribution in [0.3, 0.4) is 0 Å². The van der Waals surface area contributed by atoms with E-state index in [0.29, 0.717) is 6.10 Å². The largest absolute Gasteiger partial charge is 0.490 e. The van der Waals surface area contributed by atoms with Crippen LogP contribution in [0.25, 0.3) is 0 Å². The minimum atomic E-state index is 0.101. The molecule has 0 spiro atoms. The van der Waals surface area contributed by atoms with Crippen molar-refractivity contribution in [2.75, 3.05) is 0 Å². The van der Waals surface area contributed by atoms with E-state index < -0.39 is 0 Å². The number of aliphatic hydroxyl groups excluding tert-OH is 1. The van der Waals surface area contributed by atoms with Gasteiger partial charge in [-0.3, -0.25) is 0 Å². The van der Waals surface area contributed by atoms with Crippen molar-refractivity contribution in [3.63, 3.8) is 0 Å². The van der Waals surface area contributed by atoms with E-state index in [4.69, 9.17) is 9.84 Å². The van der Waals surface area contributed by atoms with Gasteiger partial charge in [-0.25, -0.2) is 0 Å². The van der Waals surface area contributed by atoms with Crippen LogP contribution in [0, 0.1) is 0 Å². The Labute approximate surface area is 90.9 Å². The smallest absolute Gasteiger partial charge is 0.119 e. The van der Waals surface area contributed by atoms with Crippen molar-refractivity contribution >= 4 is 0 Å². The van der Waals surface area contributed by atoms with E-state index in [-0.39, 0.29) is 6.61 Å². The molecule has 0 unspecified atom stereocenters.